The molecule has 2 aromatic carbocycles. The number of benzene rings is 2. The first-order valence-corrected chi connectivity index (χ1v) is 6.82. The molecule has 0 saturated carbocycles. The Morgan fingerprint density at radius 2 is 1.72 bits per heavy atom. The maximum atomic E-state index is 13.4. The third kappa shape index (κ3) is 4.96. The van der Waals surface area contributed by atoms with Crippen molar-refractivity contribution in [2.75, 3.05) is 6.61 Å². The van der Waals surface area contributed by atoms with E-state index in [-0.39, 0.29) is 18.0 Å². The molecule has 0 aromatic heterocycles. The lowest BCUT2D eigenvalue weighted by atomic mass is 10.2. The number of ether oxygens (including phenoxy) is 2. The van der Waals surface area contributed by atoms with Crippen LogP contribution < -0.4 is 4.74 Å². The number of rotatable bonds is 7. The van der Waals surface area contributed by atoms with Gasteiger partial charge in [-0.15, -0.1) is 0 Å². The second kappa shape index (κ2) is 7.81. The maximum Gasteiger partial charge on any atom is 0.344 e. The van der Waals surface area contributed by atoms with Crippen LogP contribution in [0.1, 0.15) is 5.56 Å². The summed E-state index contributed by atoms with van der Waals surface area (Å²) >= 11 is 0. The van der Waals surface area contributed by atoms with Gasteiger partial charge in [0.15, 0.2) is 6.61 Å². The van der Waals surface area contributed by atoms with Crippen molar-refractivity contribution in [3.05, 3.63) is 74.1 Å². The summed E-state index contributed by atoms with van der Waals surface area (Å²) in [5.74, 6) is -1.89. The molecule has 0 radical (unpaired) electrons. The van der Waals surface area contributed by atoms with E-state index in [1.807, 2.05) is 0 Å². The molecule has 0 unspecified atom stereocenters. The van der Waals surface area contributed by atoms with Crippen LogP contribution in [0.25, 0.3) is 0 Å². The fourth-order valence-corrected chi connectivity index (χ4v) is 1.79. The van der Waals surface area contributed by atoms with E-state index < -0.39 is 33.9 Å². The summed E-state index contributed by atoms with van der Waals surface area (Å²) in [5, 5.41) is 21.0. The topological polar surface area (TPSA) is 122 Å². The molecule has 25 heavy (non-hydrogen) atoms. The summed E-state index contributed by atoms with van der Waals surface area (Å²) in [7, 11) is 0. The monoisotopic (exact) mass is 350 g/mol. The minimum Gasteiger partial charge on any atom is -0.482 e. The highest BCUT2D eigenvalue weighted by Crippen LogP contribution is 2.22. The molecule has 0 amide bonds. The predicted molar refractivity (Wildman–Crippen MR) is 81.4 cm³/mol. The highest BCUT2D eigenvalue weighted by atomic mass is 19.1. The number of nitro benzene ring substituents is 2. The first-order chi connectivity index (χ1) is 11.9. The molecular weight excluding hydrogens is 339 g/mol. The second-order valence-electron chi connectivity index (χ2n) is 4.74. The Morgan fingerprint density at radius 3 is 2.28 bits per heavy atom. The van der Waals surface area contributed by atoms with Crippen molar-refractivity contribution >= 4 is 17.3 Å². The summed E-state index contributed by atoms with van der Waals surface area (Å²) in [4.78, 5) is 31.2. The van der Waals surface area contributed by atoms with Gasteiger partial charge in [0.25, 0.3) is 5.69 Å². The molecule has 0 saturated heterocycles. The fraction of sp³-hybridized carbons (Fsp3) is 0.133. The van der Waals surface area contributed by atoms with Gasteiger partial charge in [0.2, 0.25) is 5.82 Å². The molecule has 2 rings (SSSR count). The van der Waals surface area contributed by atoms with Crippen molar-refractivity contribution < 1.29 is 28.5 Å². The van der Waals surface area contributed by atoms with Crippen LogP contribution >= 0.6 is 0 Å². The first kappa shape index (κ1) is 17.8. The molecule has 0 fully saturated rings. The Bertz CT molecular complexity index is 808. The van der Waals surface area contributed by atoms with Crippen molar-refractivity contribution in [3.8, 4) is 5.75 Å². The third-order valence-corrected chi connectivity index (χ3v) is 3.02. The number of non-ortho nitro benzene ring substituents is 1. The summed E-state index contributed by atoms with van der Waals surface area (Å²) in [6.07, 6.45) is 0. The minimum atomic E-state index is -1.08. The highest BCUT2D eigenvalue weighted by Gasteiger charge is 2.15. The summed E-state index contributed by atoms with van der Waals surface area (Å²) in [6.45, 7) is -0.640. The third-order valence-electron chi connectivity index (χ3n) is 3.02. The molecule has 0 heterocycles. The van der Waals surface area contributed by atoms with E-state index in [0.29, 0.717) is 5.56 Å². The first-order valence-electron chi connectivity index (χ1n) is 6.82. The van der Waals surface area contributed by atoms with E-state index in [2.05, 4.69) is 0 Å². The van der Waals surface area contributed by atoms with Gasteiger partial charge in [-0.25, -0.2) is 4.79 Å². The van der Waals surface area contributed by atoms with Gasteiger partial charge in [-0.2, -0.15) is 4.39 Å². The lowest BCUT2D eigenvalue weighted by molar-refractivity contribution is -0.387. The standard InChI is InChI=1S/C15H11FN2O7/c16-13-7-12(5-6-14(13)18(22)23)24-9-15(19)25-8-10-1-3-11(4-2-10)17(20)21/h1-7H,8-9H2. The number of carbonyl (C=O) groups is 1. The van der Waals surface area contributed by atoms with Crippen molar-refractivity contribution in [2.24, 2.45) is 0 Å². The summed E-state index contributed by atoms with van der Waals surface area (Å²) in [5.41, 5.74) is -0.243. The van der Waals surface area contributed by atoms with Gasteiger partial charge in [-0.1, -0.05) is 0 Å². The zero-order valence-electron chi connectivity index (χ0n) is 12.6. The van der Waals surface area contributed by atoms with Crippen molar-refractivity contribution in [1.82, 2.24) is 0 Å². The Kier molecular flexibility index (Phi) is 5.56. The molecule has 130 valence electrons. The molecule has 0 aliphatic rings. The molecule has 0 aliphatic heterocycles. The minimum absolute atomic E-state index is 0.0598. The summed E-state index contributed by atoms with van der Waals surface area (Å²) in [6, 6.07) is 8.31. The highest BCUT2D eigenvalue weighted by molar-refractivity contribution is 5.71. The number of hydrogen-bond donors (Lipinski definition) is 0. The Balaban J connectivity index is 1.83. The van der Waals surface area contributed by atoms with Gasteiger partial charge < -0.3 is 9.47 Å². The number of esters is 1. The van der Waals surface area contributed by atoms with E-state index in [0.717, 1.165) is 18.2 Å². The molecule has 0 N–H and O–H groups in total. The largest absolute Gasteiger partial charge is 0.482 e. The summed E-state index contributed by atoms with van der Waals surface area (Å²) < 4.78 is 23.3. The van der Waals surface area contributed by atoms with E-state index in [9.17, 15) is 29.4 Å². The van der Waals surface area contributed by atoms with Gasteiger partial charge in [0.05, 0.1) is 9.85 Å². The van der Waals surface area contributed by atoms with Gasteiger partial charge >= 0.3 is 11.7 Å². The van der Waals surface area contributed by atoms with E-state index >= 15 is 0 Å². The molecule has 0 atom stereocenters. The van der Waals surface area contributed by atoms with Crippen LogP contribution in [0.5, 0.6) is 5.75 Å². The quantitative estimate of drug-likeness (QED) is 0.427. The lowest BCUT2D eigenvalue weighted by Crippen LogP contribution is -2.14. The van der Waals surface area contributed by atoms with Crippen LogP contribution in [-0.4, -0.2) is 22.4 Å². The van der Waals surface area contributed by atoms with Gasteiger partial charge in [0.1, 0.15) is 12.4 Å². The second-order valence-corrected chi connectivity index (χ2v) is 4.74. The van der Waals surface area contributed by atoms with E-state index in [1.165, 1.54) is 24.3 Å². The Labute approximate surface area is 139 Å². The van der Waals surface area contributed by atoms with Crippen LogP contribution in [-0.2, 0) is 16.1 Å². The van der Waals surface area contributed by atoms with Crippen molar-refractivity contribution in [2.45, 2.75) is 6.61 Å². The zero-order chi connectivity index (χ0) is 18.4. The van der Waals surface area contributed by atoms with Crippen LogP contribution in [0.3, 0.4) is 0 Å². The number of carbonyl (C=O) groups excluding carboxylic acids is 1. The number of halogens is 1. The van der Waals surface area contributed by atoms with Gasteiger partial charge in [-0.3, -0.25) is 20.2 Å². The van der Waals surface area contributed by atoms with Crippen molar-refractivity contribution in [1.29, 1.82) is 0 Å². The Hall–Kier alpha value is -3.56. The molecule has 10 heteroatoms. The molecule has 2 aromatic rings. The fourth-order valence-electron chi connectivity index (χ4n) is 1.79. The van der Waals surface area contributed by atoms with Crippen LogP contribution in [0.4, 0.5) is 15.8 Å². The van der Waals surface area contributed by atoms with E-state index in [1.54, 1.807) is 0 Å². The van der Waals surface area contributed by atoms with Crippen molar-refractivity contribution in [3.63, 3.8) is 0 Å². The number of nitro groups is 2. The van der Waals surface area contributed by atoms with Crippen LogP contribution in [0.2, 0.25) is 0 Å². The van der Waals surface area contributed by atoms with Crippen LogP contribution in [0, 0.1) is 26.0 Å². The Morgan fingerprint density at radius 1 is 1.04 bits per heavy atom. The maximum absolute atomic E-state index is 13.4. The number of nitrogens with zero attached hydrogens (tertiary/aromatic N) is 2. The average Bonchev–Trinajstić information content (AvgIpc) is 2.58. The molecular formula is C15H11FN2O7. The van der Waals surface area contributed by atoms with Gasteiger partial charge in [-0.05, 0) is 23.8 Å². The van der Waals surface area contributed by atoms with Crippen LogP contribution in [0.15, 0.2) is 42.5 Å². The molecule has 0 aliphatic carbocycles. The van der Waals surface area contributed by atoms with Gasteiger partial charge in [0, 0.05) is 24.3 Å². The molecule has 9 nitrogen and oxygen atoms in total. The smallest absolute Gasteiger partial charge is 0.344 e. The normalized spacial score (nSPS) is 10.1. The zero-order valence-corrected chi connectivity index (χ0v) is 12.6. The SMILES string of the molecule is O=C(COc1ccc([N+](=O)[O-])c(F)c1)OCc1ccc([N+](=O)[O-])cc1. The molecule has 0 spiro atoms. The molecule has 0 bridgehead atoms. The number of hydrogen-bond acceptors (Lipinski definition) is 7. The van der Waals surface area contributed by atoms with E-state index in [4.69, 9.17) is 9.47 Å². The lowest BCUT2D eigenvalue weighted by Gasteiger charge is -2.07. The predicted octanol–water partition coefficient (Wildman–Crippen LogP) is 2.76. The average molecular weight is 350 g/mol.